The van der Waals surface area contributed by atoms with E-state index in [9.17, 15) is 5.11 Å². The lowest BCUT2D eigenvalue weighted by atomic mass is 10.2. The summed E-state index contributed by atoms with van der Waals surface area (Å²) in [6.45, 7) is 4.38. The molecule has 0 aliphatic rings. The molecule has 2 rings (SSSR count). The van der Waals surface area contributed by atoms with E-state index < -0.39 is 0 Å². The average Bonchev–Trinajstić information content (AvgIpc) is 2.54. The molecule has 0 unspecified atom stereocenters. The maximum atomic E-state index is 9.20. The molecule has 0 saturated carbocycles. The first-order valence-corrected chi connectivity index (χ1v) is 7.64. The van der Waals surface area contributed by atoms with Gasteiger partial charge in [-0.05, 0) is 24.6 Å². The lowest BCUT2D eigenvalue weighted by molar-refractivity contribution is -0.661. The molecule has 2 aromatic carbocycles. The van der Waals surface area contributed by atoms with Crippen molar-refractivity contribution in [2.75, 3.05) is 19.7 Å². The van der Waals surface area contributed by atoms with Gasteiger partial charge in [0.05, 0.1) is 6.10 Å². The van der Waals surface area contributed by atoms with E-state index >= 15 is 0 Å². The molecule has 0 aliphatic carbocycles. The minimum absolute atomic E-state index is 0.290. The molecule has 0 fully saturated rings. The number of rotatable bonds is 9. The van der Waals surface area contributed by atoms with Crippen LogP contribution in [0.1, 0.15) is 12.5 Å². The van der Waals surface area contributed by atoms with Crippen molar-refractivity contribution in [2.24, 2.45) is 0 Å². The van der Waals surface area contributed by atoms with Gasteiger partial charge >= 0.3 is 0 Å². The lowest BCUT2D eigenvalue weighted by Gasteiger charge is -2.12. The minimum atomic E-state index is -0.290. The zero-order chi connectivity index (χ0) is 15.6. The van der Waals surface area contributed by atoms with Crippen LogP contribution in [0.4, 0.5) is 0 Å². The molecular formula is C18H24NO3+. The van der Waals surface area contributed by atoms with Crippen molar-refractivity contribution in [1.29, 1.82) is 0 Å². The molecule has 0 aromatic heterocycles. The summed E-state index contributed by atoms with van der Waals surface area (Å²) in [7, 11) is 0. The predicted molar refractivity (Wildman–Crippen MR) is 86.1 cm³/mol. The molecule has 4 heteroatoms. The minimum Gasteiger partial charge on any atom is -0.485 e. The van der Waals surface area contributed by atoms with Crippen LogP contribution in [0.15, 0.2) is 54.6 Å². The maximum Gasteiger partial charge on any atom is 0.161 e. The molecule has 0 saturated heterocycles. The summed E-state index contributed by atoms with van der Waals surface area (Å²) in [6, 6.07) is 17.8. The normalized spacial score (nSPS) is 11.9. The van der Waals surface area contributed by atoms with Crippen molar-refractivity contribution in [3.63, 3.8) is 0 Å². The van der Waals surface area contributed by atoms with Crippen molar-refractivity contribution in [2.45, 2.75) is 19.6 Å². The highest BCUT2D eigenvalue weighted by atomic mass is 16.5. The molecule has 22 heavy (non-hydrogen) atoms. The van der Waals surface area contributed by atoms with Crippen LogP contribution in [-0.2, 0) is 6.61 Å². The Morgan fingerprint density at radius 1 is 0.955 bits per heavy atom. The third-order valence-corrected chi connectivity index (χ3v) is 3.17. The molecule has 0 spiro atoms. The Bertz CT molecular complexity index is 543. The smallest absolute Gasteiger partial charge is 0.161 e. The SMILES string of the molecule is C[C@@H](O)C[NH2+]CCOc1ccccc1OCc1ccccc1. The summed E-state index contributed by atoms with van der Waals surface area (Å²) < 4.78 is 11.6. The number of hydrogen-bond acceptors (Lipinski definition) is 3. The fraction of sp³-hybridized carbons (Fsp3) is 0.333. The van der Waals surface area contributed by atoms with Crippen LogP contribution in [0.25, 0.3) is 0 Å². The lowest BCUT2D eigenvalue weighted by Crippen LogP contribution is -2.87. The average molecular weight is 302 g/mol. The van der Waals surface area contributed by atoms with Crippen LogP contribution in [0, 0.1) is 0 Å². The van der Waals surface area contributed by atoms with Crippen molar-refractivity contribution in [3.8, 4) is 11.5 Å². The Labute approximate surface area is 131 Å². The summed E-state index contributed by atoms with van der Waals surface area (Å²) in [5.74, 6) is 1.51. The summed E-state index contributed by atoms with van der Waals surface area (Å²) in [5, 5.41) is 11.2. The van der Waals surface area contributed by atoms with E-state index in [0.717, 1.165) is 23.6 Å². The Morgan fingerprint density at radius 2 is 1.59 bits per heavy atom. The summed E-state index contributed by atoms with van der Waals surface area (Å²) in [4.78, 5) is 0. The first-order valence-electron chi connectivity index (χ1n) is 7.64. The van der Waals surface area contributed by atoms with E-state index in [1.807, 2.05) is 59.9 Å². The van der Waals surface area contributed by atoms with Crippen LogP contribution in [-0.4, -0.2) is 30.9 Å². The van der Waals surface area contributed by atoms with E-state index in [2.05, 4.69) is 0 Å². The Balaban J connectivity index is 1.81. The number of aliphatic hydroxyl groups excluding tert-OH is 1. The van der Waals surface area contributed by atoms with Gasteiger partial charge in [0, 0.05) is 0 Å². The fourth-order valence-electron chi connectivity index (χ4n) is 2.04. The fourth-order valence-corrected chi connectivity index (χ4v) is 2.04. The van der Waals surface area contributed by atoms with Crippen molar-refractivity contribution >= 4 is 0 Å². The zero-order valence-corrected chi connectivity index (χ0v) is 12.9. The zero-order valence-electron chi connectivity index (χ0n) is 12.9. The Morgan fingerprint density at radius 3 is 2.27 bits per heavy atom. The van der Waals surface area contributed by atoms with Crippen LogP contribution < -0.4 is 14.8 Å². The molecular weight excluding hydrogens is 278 g/mol. The quantitative estimate of drug-likeness (QED) is 0.692. The third kappa shape index (κ3) is 5.76. The number of aliphatic hydroxyl groups is 1. The molecule has 0 heterocycles. The largest absolute Gasteiger partial charge is 0.485 e. The second-order valence-electron chi connectivity index (χ2n) is 5.23. The number of nitrogens with two attached hydrogens (primary N) is 1. The van der Waals surface area contributed by atoms with Gasteiger partial charge in [0.2, 0.25) is 0 Å². The van der Waals surface area contributed by atoms with Crippen LogP contribution in [0.2, 0.25) is 0 Å². The van der Waals surface area contributed by atoms with Gasteiger partial charge in [0.15, 0.2) is 11.5 Å². The molecule has 0 radical (unpaired) electrons. The highest BCUT2D eigenvalue weighted by molar-refractivity contribution is 5.39. The van der Waals surface area contributed by atoms with Gasteiger partial charge in [0.1, 0.15) is 26.3 Å². The molecule has 1 atom stereocenters. The van der Waals surface area contributed by atoms with Gasteiger partial charge in [-0.3, -0.25) is 0 Å². The molecule has 118 valence electrons. The first-order chi connectivity index (χ1) is 10.8. The van der Waals surface area contributed by atoms with E-state index in [0.29, 0.717) is 19.8 Å². The summed E-state index contributed by atoms with van der Waals surface area (Å²) in [5.41, 5.74) is 1.13. The number of para-hydroxylation sites is 2. The molecule has 0 aliphatic heterocycles. The van der Waals surface area contributed by atoms with Crippen molar-refractivity contribution < 1.29 is 19.9 Å². The standard InChI is InChI=1S/C18H23NO3/c1-15(20)13-19-11-12-21-17-9-5-6-10-18(17)22-14-16-7-3-2-4-8-16/h2-10,15,19-20H,11-14H2,1H3/p+1/t15-/m1/s1. The Hall–Kier alpha value is -2.04. The van der Waals surface area contributed by atoms with Gasteiger partial charge in [0.25, 0.3) is 0 Å². The van der Waals surface area contributed by atoms with Crippen LogP contribution >= 0.6 is 0 Å². The highest BCUT2D eigenvalue weighted by Gasteiger charge is 2.05. The van der Waals surface area contributed by atoms with Gasteiger partial charge in [-0.15, -0.1) is 0 Å². The van der Waals surface area contributed by atoms with Gasteiger partial charge in [-0.1, -0.05) is 42.5 Å². The van der Waals surface area contributed by atoms with Gasteiger partial charge in [-0.2, -0.15) is 0 Å². The Kier molecular flexibility index (Phi) is 6.74. The molecule has 4 nitrogen and oxygen atoms in total. The molecule has 0 amide bonds. The van der Waals surface area contributed by atoms with Gasteiger partial charge < -0.3 is 19.9 Å². The predicted octanol–water partition coefficient (Wildman–Crippen LogP) is 1.59. The molecule has 2 aromatic rings. The summed E-state index contributed by atoms with van der Waals surface area (Å²) >= 11 is 0. The monoisotopic (exact) mass is 302 g/mol. The van der Waals surface area contributed by atoms with Crippen LogP contribution in [0.3, 0.4) is 0 Å². The number of benzene rings is 2. The van der Waals surface area contributed by atoms with E-state index in [4.69, 9.17) is 9.47 Å². The van der Waals surface area contributed by atoms with E-state index in [-0.39, 0.29) is 6.10 Å². The number of hydrogen-bond donors (Lipinski definition) is 2. The second kappa shape index (κ2) is 9.07. The highest BCUT2D eigenvalue weighted by Crippen LogP contribution is 2.27. The number of ether oxygens (including phenoxy) is 2. The number of quaternary nitrogens is 1. The summed E-state index contributed by atoms with van der Waals surface area (Å²) in [6.07, 6.45) is -0.290. The van der Waals surface area contributed by atoms with Crippen molar-refractivity contribution in [1.82, 2.24) is 0 Å². The topological polar surface area (TPSA) is 55.3 Å². The first kappa shape index (κ1) is 16.3. The second-order valence-corrected chi connectivity index (χ2v) is 5.23. The third-order valence-electron chi connectivity index (χ3n) is 3.17. The van der Waals surface area contributed by atoms with E-state index in [1.165, 1.54) is 0 Å². The molecule has 3 N–H and O–H groups in total. The van der Waals surface area contributed by atoms with E-state index in [1.54, 1.807) is 6.92 Å². The molecule has 0 bridgehead atoms. The van der Waals surface area contributed by atoms with Crippen LogP contribution in [0.5, 0.6) is 11.5 Å². The van der Waals surface area contributed by atoms with Gasteiger partial charge in [-0.25, -0.2) is 0 Å². The van der Waals surface area contributed by atoms with Crippen molar-refractivity contribution in [3.05, 3.63) is 60.2 Å². The maximum absolute atomic E-state index is 9.20.